The lowest BCUT2D eigenvalue weighted by atomic mass is 10.1. The van der Waals surface area contributed by atoms with E-state index < -0.39 is 39.0 Å². The molecule has 0 radical (unpaired) electrons. The maximum absolute atomic E-state index is 11.9. The molecular weight excluding hydrogens is 308 g/mol. The highest BCUT2D eigenvalue weighted by Crippen LogP contribution is 2.24. The molecule has 0 saturated carbocycles. The Bertz CT molecular complexity index is 767. The van der Waals surface area contributed by atoms with Crippen LogP contribution in [0.15, 0.2) is 18.2 Å². The number of nitrogens with one attached hydrogen (secondary N) is 2. The zero-order chi connectivity index (χ0) is 24.0. The lowest BCUT2D eigenvalue weighted by Crippen LogP contribution is -2.35. The number of aliphatic hydroxyl groups is 1. The molecule has 0 aromatic heterocycles. The summed E-state index contributed by atoms with van der Waals surface area (Å²) >= 11 is 0. The number of hydrogen-bond donors (Lipinski definition) is 3. The number of Topliss-reactive ketones (excluding diaryl/α,β-unsaturated/α-hetero) is 1. The van der Waals surface area contributed by atoms with Gasteiger partial charge in [-0.15, -0.1) is 0 Å². The van der Waals surface area contributed by atoms with Gasteiger partial charge in [0.2, 0.25) is 5.91 Å². The number of carbonyl (C=O) groups is 2. The minimum absolute atomic E-state index is 0.129. The van der Waals surface area contributed by atoms with Crippen LogP contribution in [0, 0.1) is 0 Å². The Labute approximate surface area is 153 Å². The van der Waals surface area contributed by atoms with E-state index in [9.17, 15) is 14.7 Å². The molecule has 0 saturated heterocycles. The van der Waals surface area contributed by atoms with Crippen molar-refractivity contribution in [2.45, 2.75) is 52.5 Å². The van der Waals surface area contributed by atoms with Crippen LogP contribution in [0.1, 0.15) is 60.3 Å². The van der Waals surface area contributed by atoms with Crippen LogP contribution in [0.25, 0.3) is 0 Å². The van der Waals surface area contributed by atoms with Crippen LogP contribution in [-0.2, 0) is 4.79 Å². The van der Waals surface area contributed by atoms with Gasteiger partial charge >= 0.3 is 0 Å². The van der Waals surface area contributed by atoms with E-state index in [1.54, 1.807) is 0 Å². The van der Waals surface area contributed by atoms with Crippen LogP contribution < -0.4 is 15.4 Å². The molecule has 0 unspecified atom stereocenters. The molecule has 1 amide bonds. The largest absolute Gasteiger partial charge is 0.490 e. The van der Waals surface area contributed by atoms with Crippen LogP contribution >= 0.6 is 0 Å². The predicted octanol–water partition coefficient (Wildman–Crippen LogP) is 2.37. The first kappa shape index (κ1) is 11.6. The van der Waals surface area contributed by atoms with Gasteiger partial charge in [-0.3, -0.25) is 9.59 Å². The van der Waals surface area contributed by atoms with Gasteiger partial charge in [0.15, 0.2) is 5.78 Å². The summed E-state index contributed by atoms with van der Waals surface area (Å²) in [6.45, 7) is -4.11. The van der Waals surface area contributed by atoms with Crippen molar-refractivity contribution in [1.82, 2.24) is 5.32 Å². The third-order valence-electron chi connectivity index (χ3n) is 3.07. The van der Waals surface area contributed by atoms with Crippen molar-refractivity contribution in [3.05, 3.63) is 23.8 Å². The Morgan fingerprint density at radius 3 is 2.79 bits per heavy atom. The fraction of sp³-hybridized carbons (Fsp3) is 0.556. The number of amides is 1. The van der Waals surface area contributed by atoms with Gasteiger partial charge in [-0.2, -0.15) is 0 Å². The van der Waals surface area contributed by atoms with Crippen molar-refractivity contribution in [1.29, 1.82) is 0 Å². The molecule has 1 aromatic rings. The monoisotopic (exact) mass is 343 g/mol. The van der Waals surface area contributed by atoms with Crippen LogP contribution in [-0.4, -0.2) is 42.1 Å². The quantitative estimate of drug-likeness (QED) is 0.568. The molecule has 3 N–H and O–H groups in total. The minimum Gasteiger partial charge on any atom is -0.490 e. The SMILES string of the molecule is [2H]C([2H])([2H])C([2H])(NC[C@@H](O)COc1ccc(NC(=O)CCC)cc1C(C)=O)C([2H])([2H])[2H]. The molecule has 0 spiro atoms. The van der Waals surface area contributed by atoms with Crippen LogP contribution in [0.3, 0.4) is 0 Å². The van der Waals surface area contributed by atoms with E-state index >= 15 is 0 Å². The number of rotatable bonds is 10. The number of benzene rings is 1. The summed E-state index contributed by atoms with van der Waals surface area (Å²) in [5.41, 5.74) is 0.571. The molecule has 0 aliphatic carbocycles. The molecule has 6 heteroatoms. The number of anilines is 1. The normalized spacial score (nSPS) is 17.9. The summed E-state index contributed by atoms with van der Waals surface area (Å²) < 4.78 is 57.3. The van der Waals surface area contributed by atoms with Gasteiger partial charge in [-0.25, -0.2) is 0 Å². The first-order valence-electron chi connectivity index (χ1n) is 11.1. The summed E-state index contributed by atoms with van der Waals surface area (Å²) in [4.78, 5) is 23.7. The van der Waals surface area contributed by atoms with E-state index in [0.717, 1.165) is 0 Å². The fourth-order valence-corrected chi connectivity index (χ4v) is 1.92. The van der Waals surface area contributed by atoms with Crippen LogP contribution in [0.5, 0.6) is 5.75 Å². The predicted molar refractivity (Wildman–Crippen MR) is 94.6 cm³/mol. The maximum atomic E-state index is 11.9. The van der Waals surface area contributed by atoms with Crippen LogP contribution in [0.4, 0.5) is 5.69 Å². The highest BCUT2D eigenvalue weighted by atomic mass is 16.5. The topological polar surface area (TPSA) is 87.7 Å². The minimum atomic E-state index is -3.17. The van der Waals surface area contributed by atoms with Gasteiger partial charge in [0, 0.05) is 34.3 Å². The van der Waals surface area contributed by atoms with Crippen molar-refractivity contribution in [3.8, 4) is 5.75 Å². The molecule has 0 heterocycles. The molecule has 0 bridgehead atoms. The molecule has 1 rings (SSSR count). The maximum Gasteiger partial charge on any atom is 0.224 e. The number of ether oxygens (including phenoxy) is 1. The second-order valence-corrected chi connectivity index (χ2v) is 5.29. The molecule has 0 aliphatic heterocycles. The van der Waals surface area contributed by atoms with E-state index in [-0.39, 0.29) is 23.0 Å². The highest BCUT2D eigenvalue weighted by molar-refractivity contribution is 5.99. The van der Waals surface area contributed by atoms with E-state index in [1.165, 1.54) is 25.1 Å². The first-order valence-corrected chi connectivity index (χ1v) is 7.63. The second-order valence-electron chi connectivity index (χ2n) is 5.29. The van der Waals surface area contributed by atoms with E-state index in [4.69, 9.17) is 14.3 Å². The average Bonchev–Trinajstić information content (AvgIpc) is 2.63. The molecule has 24 heavy (non-hydrogen) atoms. The Balaban J connectivity index is 2.83. The molecule has 0 fully saturated rings. The molecule has 6 nitrogen and oxygen atoms in total. The lowest BCUT2D eigenvalue weighted by Gasteiger charge is -2.17. The zero-order valence-electron chi connectivity index (χ0n) is 20.8. The smallest absolute Gasteiger partial charge is 0.224 e. The lowest BCUT2D eigenvalue weighted by molar-refractivity contribution is -0.116. The average molecular weight is 343 g/mol. The van der Waals surface area contributed by atoms with Gasteiger partial charge in [0.1, 0.15) is 18.5 Å². The van der Waals surface area contributed by atoms with E-state index in [0.29, 0.717) is 18.5 Å². The first-order chi connectivity index (χ1) is 14.1. The number of ketones is 1. The molecular formula is C18H28N2O4. The fourth-order valence-electron chi connectivity index (χ4n) is 1.92. The molecule has 1 aromatic carbocycles. The molecule has 0 aliphatic rings. The Morgan fingerprint density at radius 1 is 1.42 bits per heavy atom. The third-order valence-corrected chi connectivity index (χ3v) is 3.07. The van der Waals surface area contributed by atoms with E-state index in [1.807, 2.05) is 6.92 Å². The van der Waals surface area contributed by atoms with Gasteiger partial charge in [0.25, 0.3) is 0 Å². The summed E-state index contributed by atoms with van der Waals surface area (Å²) in [5, 5.41) is 14.8. The van der Waals surface area contributed by atoms with Gasteiger partial charge in [-0.1, -0.05) is 20.6 Å². The Kier molecular flexibility index (Phi) is 4.86. The Morgan fingerprint density at radius 2 is 2.17 bits per heavy atom. The van der Waals surface area contributed by atoms with E-state index in [2.05, 4.69) is 10.6 Å². The van der Waals surface area contributed by atoms with Gasteiger partial charge < -0.3 is 20.5 Å². The number of hydrogen-bond acceptors (Lipinski definition) is 5. The summed E-state index contributed by atoms with van der Waals surface area (Å²) in [7, 11) is 0. The van der Waals surface area contributed by atoms with Crippen LogP contribution in [0.2, 0.25) is 0 Å². The number of aliphatic hydroxyl groups excluding tert-OH is 1. The zero-order valence-corrected chi connectivity index (χ0v) is 13.8. The Hall–Kier alpha value is -1.92. The molecule has 1 atom stereocenters. The second kappa shape index (κ2) is 10.1. The standard InChI is InChI=1S/C18H28N2O4/c1-5-6-18(23)20-14-7-8-17(16(9-14)13(4)21)24-11-15(22)10-19-12(2)3/h7-9,12,15,19,22H,5-6,10-11H2,1-4H3,(H,20,23)/t15-/m1/s1/i2D3,3D3,12D. The van der Waals surface area contributed by atoms with Crippen molar-refractivity contribution in [2.24, 2.45) is 0 Å². The summed E-state index contributed by atoms with van der Waals surface area (Å²) in [5.74, 6) is -0.414. The third kappa shape index (κ3) is 7.10. The van der Waals surface area contributed by atoms with Gasteiger partial charge in [-0.05, 0) is 31.5 Å². The van der Waals surface area contributed by atoms with Gasteiger partial charge in [0.05, 0.1) is 5.56 Å². The highest BCUT2D eigenvalue weighted by Gasteiger charge is 2.13. The number of carbonyl (C=O) groups excluding carboxylic acids is 2. The molecule has 134 valence electrons. The summed E-state index contributed by atoms with van der Waals surface area (Å²) in [6, 6.07) is 1.44. The van der Waals surface area contributed by atoms with Crippen molar-refractivity contribution >= 4 is 17.4 Å². The summed E-state index contributed by atoms with van der Waals surface area (Å²) in [6.07, 6.45) is -0.364. The van der Waals surface area contributed by atoms with Crippen molar-refractivity contribution in [2.75, 3.05) is 18.5 Å². The van der Waals surface area contributed by atoms with Crippen molar-refractivity contribution in [3.63, 3.8) is 0 Å². The van der Waals surface area contributed by atoms with Crippen molar-refractivity contribution < 1.29 is 29.0 Å².